The summed E-state index contributed by atoms with van der Waals surface area (Å²) < 4.78 is 38.3. The van der Waals surface area contributed by atoms with E-state index in [4.69, 9.17) is 26.8 Å². The second-order valence-corrected chi connectivity index (χ2v) is 8.80. The molecular weight excluding hydrogens is 444 g/mol. The Bertz CT molecular complexity index is 1040. The number of anilines is 1. The maximum Gasteiger partial charge on any atom is 0.271 e. The van der Waals surface area contributed by atoms with Crippen LogP contribution in [0.25, 0.3) is 0 Å². The molecule has 168 valence electrons. The number of primary amides is 1. The van der Waals surface area contributed by atoms with Crippen molar-refractivity contribution in [2.45, 2.75) is 30.6 Å². The fraction of sp³-hybridized carbons (Fsp3) is 0.333. The number of sulfonamides is 1. The number of alkyl halides is 1. The first-order chi connectivity index (χ1) is 14.7. The van der Waals surface area contributed by atoms with Gasteiger partial charge in [0.1, 0.15) is 17.2 Å². The van der Waals surface area contributed by atoms with Crippen molar-refractivity contribution in [1.29, 1.82) is 0 Å². The molecule has 0 aromatic heterocycles. The number of carbonyl (C=O) groups excluding carboxylic acids is 2. The first-order valence-electron chi connectivity index (χ1n) is 9.48. The van der Waals surface area contributed by atoms with Gasteiger partial charge >= 0.3 is 0 Å². The molecule has 0 aliphatic rings. The zero-order valence-corrected chi connectivity index (χ0v) is 18.9. The van der Waals surface area contributed by atoms with Crippen molar-refractivity contribution in [2.75, 3.05) is 24.4 Å². The predicted octanol–water partition coefficient (Wildman–Crippen LogP) is 2.86. The van der Waals surface area contributed by atoms with Crippen LogP contribution in [-0.4, -0.2) is 40.3 Å². The molecule has 2 aromatic carbocycles. The number of benzene rings is 2. The Labute approximate surface area is 186 Å². The second-order valence-electron chi connectivity index (χ2n) is 6.64. The highest BCUT2D eigenvalue weighted by Crippen LogP contribution is 2.36. The molecule has 0 fully saturated rings. The third-order valence-corrected chi connectivity index (χ3v) is 6.42. The smallest absolute Gasteiger partial charge is 0.271 e. The number of nitrogens with two attached hydrogens (primary N) is 1. The minimum atomic E-state index is -4.32. The molecule has 2 rings (SSSR count). The van der Waals surface area contributed by atoms with E-state index in [1.807, 2.05) is 0 Å². The molecule has 0 heterocycles. The lowest BCUT2D eigenvalue weighted by molar-refractivity contribution is -0.118. The molecule has 0 saturated heterocycles. The van der Waals surface area contributed by atoms with Gasteiger partial charge in [0.25, 0.3) is 10.0 Å². The van der Waals surface area contributed by atoms with E-state index in [1.54, 1.807) is 6.07 Å². The molecule has 2 amide bonds. The number of hydrogen-bond donors (Lipinski definition) is 1. The summed E-state index contributed by atoms with van der Waals surface area (Å²) in [5.74, 6) is -0.270. The van der Waals surface area contributed by atoms with E-state index in [0.29, 0.717) is 30.0 Å². The topological polar surface area (TPSA) is 116 Å². The Morgan fingerprint density at radius 1 is 1.06 bits per heavy atom. The predicted molar refractivity (Wildman–Crippen MR) is 118 cm³/mol. The lowest BCUT2D eigenvalue weighted by Gasteiger charge is -2.25. The fourth-order valence-electron chi connectivity index (χ4n) is 2.95. The highest BCUT2D eigenvalue weighted by molar-refractivity contribution is 7.93. The summed E-state index contributed by atoms with van der Waals surface area (Å²) in [5, 5.41) is 0. The van der Waals surface area contributed by atoms with Crippen LogP contribution in [0.4, 0.5) is 5.69 Å². The van der Waals surface area contributed by atoms with Crippen LogP contribution >= 0.6 is 11.6 Å². The molecule has 0 saturated carbocycles. The maximum atomic E-state index is 13.5. The molecule has 0 unspecified atom stereocenters. The summed E-state index contributed by atoms with van der Waals surface area (Å²) in [6.45, 7) is 0. The van der Waals surface area contributed by atoms with Crippen LogP contribution in [0, 0.1) is 0 Å². The van der Waals surface area contributed by atoms with Gasteiger partial charge in [0.2, 0.25) is 11.8 Å². The van der Waals surface area contributed by atoms with E-state index >= 15 is 0 Å². The standard InChI is InChI=1S/C21H25ClN2O6S/c1-29-16-9-10-18(19(14-16)30-2)24(21(26)8-3-4-11-22)31(27,28)17-7-5-6-15(12-17)13-20(23)25/h5-7,9-10,12,14H,3-4,8,11,13H2,1-2H3,(H2,23,25). The van der Waals surface area contributed by atoms with Crippen LogP contribution in [0.2, 0.25) is 0 Å². The maximum absolute atomic E-state index is 13.5. The summed E-state index contributed by atoms with van der Waals surface area (Å²) in [6.07, 6.45) is 0.838. The van der Waals surface area contributed by atoms with Gasteiger partial charge in [0.15, 0.2) is 0 Å². The average molecular weight is 469 g/mol. The summed E-state index contributed by atoms with van der Waals surface area (Å²) >= 11 is 5.69. The lowest BCUT2D eigenvalue weighted by atomic mass is 10.1. The summed E-state index contributed by atoms with van der Waals surface area (Å²) in [6, 6.07) is 10.2. The highest BCUT2D eigenvalue weighted by Gasteiger charge is 2.33. The van der Waals surface area contributed by atoms with Gasteiger partial charge in [-0.05, 0) is 42.7 Å². The zero-order chi connectivity index (χ0) is 23.0. The number of methoxy groups -OCH3 is 2. The third-order valence-electron chi connectivity index (χ3n) is 4.42. The Kier molecular flexibility index (Phi) is 8.70. The Morgan fingerprint density at radius 3 is 2.42 bits per heavy atom. The van der Waals surface area contributed by atoms with Crippen LogP contribution < -0.4 is 19.5 Å². The van der Waals surface area contributed by atoms with Gasteiger partial charge in [0.05, 0.1) is 25.5 Å². The number of hydrogen-bond acceptors (Lipinski definition) is 6. The van der Waals surface area contributed by atoms with E-state index in [-0.39, 0.29) is 29.2 Å². The number of amides is 2. The molecule has 2 N–H and O–H groups in total. The molecule has 10 heteroatoms. The van der Waals surface area contributed by atoms with Crippen LogP contribution in [0.3, 0.4) is 0 Å². The van der Waals surface area contributed by atoms with Crippen molar-refractivity contribution in [3.8, 4) is 11.5 Å². The van der Waals surface area contributed by atoms with Crippen molar-refractivity contribution in [3.63, 3.8) is 0 Å². The van der Waals surface area contributed by atoms with E-state index < -0.39 is 21.8 Å². The van der Waals surface area contributed by atoms with Gasteiger partial charge in [-0.3, -0.25) is 9.59 Å². The third kappa shape index (κ3) is 6.11. The SMILES string of the molecule is COc1ccc(N(C(=O)CCCCCl)S(=O)(=O)c2cccc(CC(N)=O)c2)c(OC)c1. The van der Waals surface area contributed by atoms with Crippen molar-refractivity contribution >= 4 is 39.1 Å². The molecule has 8 nitrogen and oxygen atoms in total. The average Bonchev–Trinajstić information content (AvgIpc) is 2.74. The second kappa shape index (κ2) is 11.0. The van der Waals surface area contributed by atoms with E-state index in [2.05, 4.69) is 0 Å². The fourth-order valence-corrected chi connectivity index (χ4v) is 4.67. The van der Waals surface area contributed by atoms with Gasteiger partial charge in [-0.15, -0.1) is 11.6 Å². The van der Waals surface area contributed by atoms with Gasteiger partial charge in [-0.25, -0.2) is 8.42 Å². The van der Waals surface area contributed by atoms with Crippen molar-refractivity contribution in [2.24, 2.45) is 5.73 Å². The Balaban J connectivity index is 2.59. The zero-order valence-electron chi connectivity index (χ0n) is 17.3. The quantitative estimate of drug-likeness (QED) is 0.400. The van der Waals surface area contributed by atoms with Crippen LogP contribution in [0.1, 0.15) is 24.8 Å². The molecule has 31 heavy (non-hydrogen) atoms. The molecule has 0 radical (unpaired) electrons. The normalized spacial score (nSPS) is 11.1. The minimum Gasteiger partial charge on any atom is -0.497 e. The molecule has 0 atom stereocenters. The van der Waals surface area contributed by atoms with Crippen LogP contribution in [0.15, 0.2) is 47.4 Å². The first kappa shape index (κ1) is 24.5. The number of nitrogens with zero attached hydrogens (tertiary/aromatic N) is 1. The van der Waals surface area contributed by atoms with E-state index in [0.717, 1.165) is 4.31 Å². The Morgan fingerprint density at radius 2 is 1.81 bits per heavy atom. The monoisotopic (exact) mass is 468 g/mol. The summed E-state index contributed by atoms with van der Waals surface area (Å²) in [4.78, 5) is 24.2. The van der Waals surface area contributed by atoms with E-state index in [1.165, 1.54) is 50.6 Å². The number of rotatable bonds is 11. The molecule has 0 aliphatic carbocycles. The molecule has 0 spiro atoms. The van der Waals surface area contributed by atoms with Crippen molar-refractivity contribution in [3.05, 3.63) is 48.0 Å². The van der Waals surface area contributed by atoms with Gasteiger partial charge < -0.3 is 15.2 Å². The number of carbonyl (C=O) groups is 2. The molecular formula is C21H25ClN2O6S. The summed E-state index contributed by atoms with van der Waals surface area (Å²) in [5.41, 5.74) is 5.70. The van der Waals surface area contributed by atoms with Crippen molar-refractivity contribution in [1.82, 2.24) is 0 Å². The first-order valence-corrected chi connectivity index (χ1v) is 11.5. The summed E-state index contributed by atoms with van der Waals surface area (Å²) in [7, 11) is -1.49. The number of halogens is 1. The highest BCUT2D eigenvalue weighted by atomic mass is 35.5. The minimum absolute atomic E-state index is 0.0257. The van der Waals surface area contributed by atoms with Gasteiger partial charge in [-0.2, -0.15) is 4.31 Å². The number of ether oxygens (including phenoxy) is 2. The molecule has 2 aromatic rings. The lowest BCUT2D eigenvalue weighted by Crippen LogP contribution is -2.37. The van der Waals surface area contributed by atoms with Crippen LogP contribution in [0.5, 0.6) is 11.5 Å². The van der Waals surface area contributed by atoms with E-state index in [9.17, 15) is 18.0 Å². The van der Waals surface area contributed by atoms with Crippen LogP contribution in [-0.2, 0) is 26.0 Å². The Hall–Kier alpha value is -2.78. The number of unbranched alkanes of at least 4 members (excludes halogenated alkanes) is 1. The largest absolute Gasteiger partial charge is 0.497 e. The molecule has 0 aliphatic heterocycles. The molecule has 0 bridgehead atoms. The van der Waals surface area contributed by atoms with Crippen molar-refractivity contribution < 1.29 is 27.5 Å². The van der Waals surface area contributed by atoms with Gasteiger partial charge in [0, 0.05) is 18.4 Å². The van der Waals surface area contributed by atoms with Gasteiger partial charge in [-0.1, -0.05) is 12.1 Å².